The number of aromatic nitrogens is 2. The lowest BCUT2D eigenvalue weighted by atomic mass is 10.0. The molecule has 4 rings (SSSR count). The Morgan fingerprint density at radius 1 is 0.825 bits per heavy atom. The van der Waals surface area contributed by atoms with E-state index in [9.17, 15) is 14.4 Å². The second-order valence-electron chi connectivity index (χ2n) is 9.33. The molecule has 4 aromatic rings. The molecule has 1 amide bonds. The van der Waals surface area contributed by atoms with E-state index in [-0.39, 0.29) is 36.9 Å². The van der Waals surface area contributed by atoms with E-state index in [0.29, 0.717) is 17.7 Å². The van der Waals surface area contributed by atoms with Gasteiger partial charge in [0.25, 0.3) is 5.91 Å². The normalized spacial score (nSPS) is 10.7. The molecule has 9 nitrogen and oxygen atoms in total. The molecule has 40 heavy (non-hydrogen) atoms. The quantitative estimate of drug-likeness (QED) is 0.151. The van der Waals surface area contributed by atoms with E-state index in [2.05, 4.69) is 27.6 Å². The topological polar surface area (TPSA) is 132 Å². The Balaban J connectivity index is 1.15. The van der Waals surface area contributed by atoms with Gasteiger partial charge in [-0.05, 0) is 66.8 Å². The number of aryl methyl sites for hydroxylation is 1. The highest BCUT2D eigenvalue weighted by molar-refractivity contribution is 6.36. The molecule has 0 bridgehead atoms. The number of ketones is 1. The number of hydrogen-bond donors (Lipinski definition) is 2. The van der Waals surface area contributed by atoms with Crippen LogP contribution in [0.15, 0.2) is 83.3 Å². The predicted octanol–water partition coefficient (Wildman–Crippen LogP) is 5.39. The first-order valence-corrected chi connectivity index (χ1v) is 13.2. The Hall–Kier alpha value is -4.79. The number of carbonyl (C=O) groups is 3. The fraction of sp³-hybridized carbons (Fsp3) is 0.258. The van der Waals surface area contributed by atoms with Crippen LogP contribution >= 0.6 is 0 Å². The van der Waals surface area contributed by atoms with Crippen LogP contribution in [-0.4, -0.2) is 33.0 Å². The molecule has 0 saturated carbocycles. The number of ether oxygens (including phenoxy) is 1. The molecule has 3 aromatic carbocycles. The highest BCUT2D eigenvalue weighted by Gasteiger charge is 2.15. The lowest BCUT2D eigenvalue weighted by Gasteiger charge is -2.07. The fourth-order valence-corrected chi connectivity index (χ4v) is 4.08. The number of nitrogens with zero attached hydrogens (tertiary/aromatic N) is 2. The standard InChI is InChI=1S/C31H31N3O6/c35-27(14-7-2-1-4-9-22-10-5-3-6-11-22)29(36)32-20-28-33-34-30(40-28)24-15-17-26(18-16-24)39-21-23-12-8-13-25(19-23)31(37)38/h3,5-6,8,10-13,15-19H,1-2,4,7,9,14,20-21H2,(H,32,36)(H,37,38). The van der Waals surface area contributed by atoms with Gasteiger partial charge in [-0.3, -0.25) is 9.59 Å². The van der Waals surface area contributed by atoms with Crippen LogP contribution in [0, 0.1) is 0 Å². The molecule has 1 heterocycles. The van der Waals surface area contributed by atoms with Gasteiger partial charge in [0, 0.05) is 12.0 Å². The van der Waals surface area contributed by atoms with Crippen molar-refractivity contribution in [1.29, 1.82) is 0 Å². The Bertz CT molecular complexity index is 1420. The van der Waals surface area contributed by atoms with Crippen molar-refractivity contribution in [1.82, 2.24) is 15.5 Å². The van der Waals surface area contributed by atoms with Crippen molar-refractivity contribution in [3.63, 3.8) is 0 Å². The smallest absolute Gasteiger partial charge is 0.335 e. The van der Waals surface area contributed by atoms with Gasteiger partial charge in [-0.1, -0.05) is 55.3 Å². The third-order valence-corrected chi connectivity index (χ3v) is 6.26. The van der Waals surface area contributed by atoms with Crippen LogP contribution in [0.25, 0.3) is 11.5 Å². The van der Waals surface area contributed by atoms with Crippen LogP contribution in [0.3, 0.4) is 0 Å². The molecule has 0 unspecified atom stereocenters. The number of nitrogens with one attached hydrogen (secondary N) is 1. The van der Waals surface area contributed by atoms with Crippen LogP contribution in [0.1, 0.15) is 59.5 Å². The number of hydrogen-bond acceptors (Lipinski definition) is 7. The van der Waals surface area contributed by atoms with E-state index in [1.165, 1.54) is 11.6 Å². The molecule has 0 saturated heterocycles. The monoisotopic (exact) mass is 541 g/mol. The molecule has 0 fully saturated rings. The van der Waals surface area contributed by atoms with Crippen LogP contribution in [0.2, 0.25) is 0 Å². The largest absolute Gasteiger partial charge is 0.489 e. The summed E-state index contributed by atoms with van der Waals surface area (Å²) in [6, 6.07) is 23.8. The molecule has 0 aliphatic carbocycles. The molecule has 206 valence electrons. The summed E-state index contributed by atoms with van der Waals surface area (Å²) in [7, 11) is 0. The summed E-state index contributed by atoms with van der Waals surface area (Å²) in [5.41, 5.74) is 2.92. The first-order chi connectivity index (χ1) is 19.5. The van der Waals surface area contributed by atoms with Gasteiger partial charge in [0.05, 0.1) is 12.1 Å². The second kappa shape index (κ2) is 14.4. The highest BCUT2D eigenvalue weighted by atomic mass is 16.5. The molecular formula is C31H31N3O6. The van der Waals surface area contributed by atoms with Crippen molar-refractivity contribution in [3.8, 4) is 17.2 Å². The number of benzene rings is 3. The molecular weight excluding hydrogens is 510 g/mol. The summed E-state index contributed by atoms with van der Waals surface area (Å²) in [5.74, 6) is -1.04. The minimum absolute atomic E-state index is 0.0365. The van der Waals surface area contributed by atoms with Crippen LogP contribution in [0.4, 0.5) is 0 Å². The van der Waals surface area contributed by atoms with Gasteiger partial charge in [0.15, 0.2) is 0 Å². The van der Waals surface area contributed by atoms with Gasteiger partial charge < -0.3 is 19.6 Å². The number of carbonyl (C=O) groups excluding carboxylic acids is 2. The van der Waals surface area contributed by atoms with Crippen LogP contribution in [-0.2, 0) is 29.2 Å². The molecule has 0 aliphatic heterocycles. The molecule has 2 N–H and O–H groups in total. The van der Waals surface area contributed by atoms with Gasteiger partial charge in [-0.25, -0.2) is 4.79 Å². The average Bonchev–Trinajstić information content (AvgIpc) is 3.46. The minimum Gasteiger partial charge on any atom is -0.489 e. The van der Waals surface area contributed by atoms with Crippen molar-refractivity contribution < 1.29 is 28.6 Å². The summed E-state index contributed by atoms with van der Waals surface area (Å²) >= 11 is 0. The number of carboxylic acid groups (broad SMARTS) is 1. The van der Waals surface area contributed by atoms with E-state index in [4.69, 9.17) is 14.3 Å². The lowest BCUT2D eigenvalue weighted by molar-refractivity contribution is -0.138. The van der Waals surface area contributed by atoms with Gasteiger partial charge in [-0.15, -0.1) is 10.2 Å². The molecule has 1 aromatic heterocycles. The van der Waals surface area contributed by atoms with Crippen LogP contribution in [0.5, 0.6) is 5.75 Å². The first kappa shape index (κ1) is 28.2. The van der Waals surface area contributed by atoms with Crippen LogP contribution < -0.4 is 10.1 Å². The molecule has 0 spiro atoms. The number of rotatable bonds is 15. The van der Waals surface area contributed by atoms with E-state index in [0.717, 1.165) is 31.2 Å². The summed E-state index contributed by atoms with van der Waals surface area (Å²) in [4.78, 5) is 35.4. The number of unbranched alkanes of at least 4 members (excludes halogenated alkanes) is 3. The third-order valence-electron chi connectivity index (χ3n) is 6.26. The van der Waals surface area contributed by atoms with E-state index >= 15 is 0 Å². The number of Topliss-reactive ketones (excluding diaryl/α,β-unsaturated/α-hetero) is 1. The zero-order valence-electron chi connectivity index (χ0n) is 22.0. The maximum Gasteiger partial charge on any atom is 0.335 e. The number of carboxylic acids is 1. The maximum absolute atomic E-state index is 12.2. The Morgan fingerprint density at radius 3 is 2.35 bits per heavy atom. The van der Waals surface area contributed by atoms with Crippen molar-refractivity contribution in [2.75, 3.05) is 0 Å². The predicted molar refractivity (Wildman–Crippen MR) is 148 cm³/mol. The van der Waals surface area contributed by atoms with Crippen molar-refractivity contribution >= 4 is 17.7 Å². The summed E-state index contributed by atoms with van der Waals surface area (Å²) < 4.78 is 11.4. The van der Waals surface area contributed by atoms with Gasteiger partial charge in [0.2, 0.25) is 17.6 Å². The summed E-state index contributed by atoms with van der Waals surface area (Å²) in [6.45, 7) is 0.184. The number of aromatic carboxylic acids is 1. The van der Waals surface area contributed by atoms with Crippen molar-refractivity contribution in [2.45, 2.75) is 51.7 Å². The fourth-order valence-electron chi connectivity index (χ4n) is 4.08. The van der Waals surface area contributed by atoms with Crippen molar-refractivity contribution in [2.24, 2.45) is 0 Å². The zero-order valence-corrected chi connectivity index (χ0v) is 22.0. The third kappa shape index (κ3) is 8.62. The van der Waals surface area contributed by atoms with Gasteiger partial charge in [-0.2, -0.15) is 0 Å². The number of amides is 1. The van der Waals surface area contributed by atoms with Gasteiger partial charge in [0.1, 0.15) is 12.4 Å². The average molecular weight is 542 g/mol. The van der Waals surface area contributed by atoms with E-state index in [1.54, 1.807) is 42.5 Å². The zero-order chi connectivity index (χ0) is 28.2. The molecule has 0 aliphatic rings. The second-order valence-corrected chi connectivity index (χ2v) is 9.33. The maximum atomic E-state index is 12.2. The lowest BCUT2D eigenvalue weighted by Crippen LogP contribution is -2.30. The van der Waals surface area contributed by atoms with Crippen molar-refractivity contribution in [3.05, 3.63) is 101 Å². The first-order valence-electron chi connectivity index (χ1n) is 13.2. The highest BCUT2D eigenvalue weighted by Crippen LogP contribution is 2.22. The summed E-state index contributed by atoms with van der Waals surface area (Å²) in [6.07, 6.45) is 4.89. The van der Waals surface area contributed by atoms with E-state index < -0.39 is 17.7 Å². The van der Waals surface area contributed by atoms with Gasteiger partial charge >= 0.3 is 5.97 Å². The Kier molecular flexibility index (Phi) is 10.2. The minimum atomic E-state index is -0.989. The Morgan fingerprint density at radius 2 is 1.57 bits per heavy atom. The van der Waals surface area contributed by atoms with E-state index in [1.807, 2.05) is 18.2 Å². The molecule has 9 heteroatoms. The molecule has 0 atom stereocenters. The Labute approximate surface area is 232 Å². The summed E-state index contributed by atoms with van der Waals surface area (Å²) in [5, 5.41) is 19.6. The molecule has 0 radical (unpaired) electrons. The SMILES string of the molecule is O=C(CCCCCCc1ccccc1)C(=O)NCc1nnc(-c2ccc(OCc3cccc(C(=O)O)c3)cc2)o1.